The van der Waals surface area contributed by atoms with Crippen LogP contribution in [0.15, 0.2) is 39.9 Å². The fraction of sp³-hybridized carbons (Fsp3) is 0.333. The molecule has 1 aromatic heterocycles. The molecule has 0 spiro atoms. The van der Waals surface area contributed by atoms with Crippen LogP contribution in [0, 0.1) is 5.92 Å². The summed E-state index contributed by atoms with van der Waals surface area (Å²) in [5, 5.41) is 0.0894. The lowest BCUT2D eigenvalue weighted by molar-refractivity contribution is 0.447. The maximum Gasteiger partial charge on any atom is 0.329 e. The molecule has 0 fully saturated rings. The number of aromatic amines is 1. The van der Waals surface area contributed by atoms with Crippen LogP contribution in [0.1, 0.15) is 20.3 Å². The Morgan fingerprint density at radius 1 is 1.25 bits per heavy atom. The van der Waals surface area contributed by atoms with Crippen LogP contribution < -0.4 is 11.2 Å². The van der Waals surface area contributed by atoms with Gasteiger partial charge in [0.1, 0.15) is 5.15 Å². The van der Waals surface area contributed by atoms with E-state index in [-0.39, 0.29) is 16.6 Å². The highest BCUT2D eigenvalue weighted by Crippen LogP contribution is 2.21. The van der Waals surface area contributed by atoms with Gasteiger partial charge in [-0.25, -0.2) is 4.79 Å². The Labute approximate surface area is 122 Å². The minimum atomic E-state index is -0.458. The Morgan fingerprint density at radius 2 is 1.90 bits per heavy atom. The largest absolute Gasteiger partial charge is 0.329 e. The van der Waals surface area contributed by atoms with Gasteiger partial charge in [0, 0.05) is 6.54 Å². The summed E-state index contributed by atoms with van der Waals surface area (Å²) >= 11 is 6.04. The highest BCUT2D eigenvalue weighted by molar-refractivity contribution is 6.32. The molecular formula is C15H17ClN2O2. The average molecular weight is 293 g/mol. The van der Waals surface area contributed by atoms with Crippen LogP contribution in [0.5, 0.6) is 0 Å². The van der Waals surface area contributed by atoms with Gasteiger partial charge >= 0.3 is 5.69 Å². The van der Waals surface area contributed by atoms with Crippen LogP contribution in [0.25, 0.3) is 11.1 Å². The van der Waals surface area contributed by atoms with E-state index < -0.39 is 5.69 Å². The van der Waals surface area contributed by atoms with Crippen molar-refractivity contribution in [2.24, 2.45) is 5.92 Å². The zero-order valence-electron chi connectivity index (χ0n) is 11.5. The van der Waals surface area contributed by atoms with Crippen molar-refractivity contribution in [1.29, 1.82) is 0 Å². The van der Waals surface area contributed by atoms with E-state index in [0.717, 1.165) is 6.42 Å². The maximum absolute atomic E-state index is 12.5. The number of benzene rings is 1. The number of nitrogens with one attached hydrogen (secondary N) is 1. The molecule has 1 heterocycles. The summed E-state index contributed by atoms with van der Waals surface area (Å²) in [6.07, 6.45) is 0.898. The number of nitrogens with zero attached hydrogens (tertiary/aromatic N) is 1. The SMILES string of the molecule is CCC(C)Cn1c(=O)[nH]c(Cl)c(-c2ccccc2)c1=O. The molecule has 0 aliphatic carbocycles. The van der Waals surface area contributed by atoms with E-state index in [1.165, 1.54) is 4.57 Å². The lowest BCUT2D eigenvalue weighted by atomic mass is 10.1. The van der Waals surface area contributed by atoms with Crippen molar-refractivity contribution in [3.63, 3.8) is 0 Å². The van der Waals surface area contributed by atoms with Crippen molar-refractivity contribution in [2.75, 3.05) is 0 Å². The molecule has 0 aliphatic heterocycles. The Bertz CT molecular complexity index is 704. The number of hydrogen-bond acceptors (Lipinski definition) is 2. The van der Waals surface area contributed by atoms with Crippen LogP contribution in [-0.2, 0) is 6.54 Å². The van der Waals surface area contributed by atoms with Crippen molar-refractivity contribution >= 4 is 11.6 Å². The second-order valence-corrected chi connectivity index (χ2v) is 5.29. The minimum absolute atomic E-state index is 0.0894. The van der Waals surface area contributed by atoms with E-state index in [9.17, 15) is 9.59 Å². The number of halogens is 1. The summed E-state index contributed by atoms with van der Waals surface area (Å²) in [6.45, 7) is 4.42. The molecule has 0 saturated carbocycles. The molecule has 1 aromatic carbocycles. The molecule has 0 amide bonds. The van der Waals surface area contributed by atoms with Gasteiger partial charge in [0.05, 0.1) is 5.56 Å². The third-order valence-electron chi connectivity index (χ3n) is 3.39. The van der Waals surface area contributed by atoms with E-state index in [0.29, 0.717) is 17.7 Å². The minimum Gasteiger partial charge on any atom is -0.297 e. The van der Waals surface area contributed by atoms with Gasteiger partial charge in [-0.05, 0) is 11.5 Å². The molecule has 0 radical (unpaired) electrons. The first-order chi connectivity index (χ1) is 9.54. The van der Waals surface area contributed by atoms with Crippen molar-refractivity contribution in [3.05, 3.63) is 56.3 Å². The van der Waals surface area contributed by atoms with Gasteiger partial charge in [-0.2, -0.15) is 0 Å². The molecule has 20 heavy (non-hydrogen) atoms. The molecule has 2 aromatic rings. The van der Waals surface area contributed by atoms with Gasteiger partial charge in [0.25, 0.3) is 5.56 Å². The molecule has 4 nitrogen and oxygen atoms in total. The zero-order valence-corrected chi connectivity index (χ0v) is 12.3. The molecule has 5 heteroatoms. The quantitative estimate of drug-likeness (QED) is 0.881. The maximum atomic E-state index is 12.5. The van der Waals surface area contributed by atoms with Gasteiger partial charge in [-0.1, -0.05) is 62.2 Å². The molecule has 0 saturated heterocycles. The van der Waals surface area contributed by atoms with Crippen molar-refractivity contribution in [3.8, 4) is 11.1 Å². The highest BCUT2D eigenvalue weighted by Gasteiger charge is 2.15. The molecule has 106 valence electrons. The number of H-pyrrole nitrogens is 1. The number of hydrogen-bond donors (Lipinski definition) is 1. The third-order valence-corrected chi connectivity index (χ3v) is 3.68. The van der Waals surface area contributed by atoms with Crippen LogP contribution >= 0.6 is 11.6 Å². The van der Waals surface area contributed by atoms with Crippen LogP contribution in [0.3, 0.4) is 0 Å². The lowest BCUT2D eigenvalue weighted by Gasteiger charge is -2.12. The molecule has 0 bridgehead atoms. The van der Waals surface area contributed by atoms with E-state index in [1.807, 2.05) is 32.0 Å². The number of rotatable bonds is 4. The van der Waals surface area contributed by atoms with Gasteiger partial charge < -0.3 is 0 Å². The van der Waals surface area contributed by atoms with Gasteiger partial charge in [0.2, 0.25) is 0 Å². The second-order valence-electron chi connectivity index (χ2n) is 4.91. The Balaban J connectivity index is 2.62. The Hall–Kier alpha value is -1.81. The monoisotopic (exact) mass is 292 g/mol. The van der Waals surface area contributed by atoms with Crippen LogP contribution in [0.2, 0.25) is 5.15 Å². The zero-order chi connectivity index (χ0) is 14.7. The van der Waals surface area contributed by atoms with E-state index in [2.05, 4.69) is 4.98 Å². The molecular weight excluding hydrogens is 276 g/mol. The Morgan fingerprint density at radius 3 is 2.50 bits per heavy atom. The molecule has 1 atom stereocenters. The fourth-order valence-corrected chi connectivity index (χ4v) is 2.28. The predicted octanol–water partition coefficient (Wildman–Crippen LogP) is 2.90. The molecule has 0 aliphatic rings. The van der Waals surface area contributed by atoms with Crippen molar-refractivity contribution in [1.82, 2.24) is 9.55 Å². The summed E-state index contributed by atoms with van der Waals surface area (Å²) in [4.78, 5) is 27.0. The predicted molar refractivity (Wildman–Crippen MR) is 81.2 cm³/mol. The fourth-order valence-electron chi connectivity index (χ4n) is 2.01. The van der Waals surface area contributed by atoms with Gasteiger partial charge in [-0.3, -0.25) is 14.3 Å². The summed E-state index contributed by atoms with van der Waals surface area (Å²) in [7, 11) is 0. The first-order valence-electron chi connectivity index (χ1n) is 6.62. The third kappa shape index (κ3) is 2.85. The lowest BCUT2D eigenvalue weighted by Crippen LogP contribution is -2.37. The standard InChI is InChI=1S/C15H17ClN2O2/c1-3-10(2)9-18-14(19)12(13(16)17-15(18)20)11-7-5-4-6-8-11/h4-8,10H,3,9H2,1-2H3,(H,17,20). The number of aromatic nitrogens is 2. The van der Waals surface area contributed by atoms with Gasteiger partial charge in [-0.15, -0.1) is 0 Å². The first-order valence-corrected chi connectivity index (χ1v) is 7.00. The van der Waals surface area contributed by atoms with Crippen LogP contribution in [0.4, 0.5) is 0 Å². The van der Waals surface area contributed by atoms with E-state index >= 15 is 0 Å². The van der Waals surface area contributed by atoms with Crippen LogP contribution in [-0.4, -0.2) is 9.55 Å². The summed E-state index contributed by atoms with van der Waals surface area (Å²) in [5.41, 5.74) is 0.247. The molecule has 2 rings (SSSR count). The van der Waals surface area contributed by atoms with Gasteiger partial charge in [0.15, 0.2) is 0 Å². The summed E-state index contributed by atoms with van der Waals surface area (Å²) in [6, 6.07) is 9.12. The van der Waals surface area contributed by atoms with E-state index in [1.54, 1.807) is 12.1 Å². The normalized spacial score (nSPS) is 12.3. The second kappa shape index (κ2) is 6.09. The Kier molecular flexibility index (Phi) is 4.45. The highest BCUT2D eigenvalue weighted by atomic mass is 35.5. The molecule has 1 N–H and O–H groups in total. The first kappa shape index (κ1) is 14.6. The molecule has 1 unspecified atom stereocenters. The average Bonchev–Trinajstić information content (AvgIpc) is 2.44. The summed E-state index contributed by atoms with van der Waals surface area (Å²) < 4.78 is 1.22. The van der Waals surface area contributed by atoms with Crippen molar-refractivity contribution < 1.29 is 0 Å². The van der Waals surface area contributed by atoms with Crippen molar-refractivity contribution in [2.45, 2.75) is 26.8 Å². The summed E-state index contributed by atoms with van der Waals surface area (Å²) in [5.74, 6) is 0.249. The smallest absolute Gasteiger partial charge is 0.297 e. The topological polar surface area (TPSA) is 54.9 Å². The van der Waals surface area contributed by atoms with E-state index in [4.69, 9.17) is 11.6 Å².